The van der Waals surface area contributed by atoms with Gasteiger partial charge in [0.2, 0.25) is 5.91 Å². The van der Waals surface area contributed by atoms with Crippen LogP contribution >= 0.6 is 0 Å². The zero-order valence-corrected chi connectivity index (χ0v) is 12.2. The number of amides is 3. The second-order valence-electron chi connectivity index (χ2n) is 5.68. The number of carboxylic acids is 1. The summed E-state index contributed by atoms with van der Waals surface area (Å²) in [6.07, 6.45) is 0. The van der Waals surface area contributed by atoms with Gasteiger partial charge in [0.1, 0.15) is 0 Å². The second-order valence-corrected chi connectivity index (χ2v) is 5.68. The van der Waals surface area contributed by atoms with E-state index in [4.69, 9.17) is 5.11 Å². The number of aliphatic carboxylic acids is 1. The van der Waals surface area contributed by atoms with Crippen LogP contribution in [0.1, 0.15) is 20.8 Å². The molecule has 1 aliphatic rings. The molecule has 1 rings (SSSR count). The van der Waals surface area contributed by atoms with Gasteiger partial charge in [-0.05, 0) is 11.8 Å². The molecule has 0 saturated carbocycles. The van der Waals surface area contributed by atoms with Gasteiger partial charge in [0.25, 0.3) is 0 Å². The molecule has 7 heteroatoms. The van der Waals surface area contributed by atoms with Crippen LogP contribution in [-0.4, -0.2) is 54.1 Å². The lowest BCUT2D eigenvalue weighted by molar-refractivity contribution is -0.142. The van der Waals surface area contributed by atoms with Crippen LogP contribution in [0.15, 0.2) is 0 Å². The largest absolute Gasteiger partial charge is 0.481 e. The predicted molar refractivity (Wildman–Crippen MR) is 73.1 cm³/mol. The highest BCUT2D eigenvalue weighted by molar-refractivity contribution is 5.84. The molecule has 0 aliphatic carbocycles. The highest BCUT2D eigenvalue weighted by Gasteiger charge is 2.36. The van der Waals surface area contributed by atoms with Crippen molar-refractivity contribution in [3.63, 3.8) is 0 Å². The van der Waals surface area contributed by atoms with Gasteiger partial charge in [0.05, 0.1) is 12.5 Å². The first-order valence-corrected chi connectivity index (χ1v) is 6.83. The maximum atomic E-state index is 11.8. The summed E-state index contributed by atoms with van der Waals surface area (Å²) in [6.45, 7) is 6.84. The van der Waals surface area contributed by atoms with E-state index >= 15 is 0 Å². The number of urea groups is 1. The summed E-state index contributed by atoms with van der Waals surface area (Å²) in [5.74, 6) is -1.38. The van der Waals surface area contributed by atoms with E-state index in [9.17, 15) is 14.4 Å². The van der Waals surface area contributed by atoms with E-state index in [0.29, 0.717) is 19.0 Å². The molecule has 0 aromatic rings. The molecular weight excluding hydrogens is 262 g/mol. The molecule has 1 heterocycles. The van der Waals surface area contributed by atoms with Crippen LogP contribution in [0.2, 0.25) is 0 Å². The Hall–Kier alpha value is -1.79. The summed E-state index contributed by atoms with van der Waals surface area (Å²) in [4.78, 5) is 35.7. The lowest BCUT2D eigenvalue weighted by atomic mass is 9.99. The fraction of sp³-hybridized carbons (Fsp3) is 0.769. The van der Waals surface area contributed by atoms with Crippen LogP contribution in [0.4, 0.5) is 4.79 Å². The second kappa shape index (κ2) is 7.12. The predicted octanol–water partition coefficient (Wildman–Crippen LogP) is 0.121. The summed E-state index contributed by atoms with van der Waals surface area (Å²) in [5, 5.41) is 14.2. The molecule has 1 fully saturated rings. The molecule has 0 radical (unpaired) electrons. The number of nitrogens with one attached hydrogen (secondary N) is 2. The van der Waals surface area contributed by atoms with E-state index in [2.05, 4.69) is 10.6 Å². The molecular formula is C13H23N3O4. The van der Waals surface area contributed by atoms with Crippen LogP contribution < -0.4 is 10.6 Å². The minimum atomic E-state index is -0.887. The van der Waals surface area contributed by atoms with E-state index in [1.807, 2.05) is 13.8 Å². The van der Waals surface area contributed by atoms with Crippen LogP contribution in [-0.2, 0) is 9.59 Å². The topological polar surface area (TPSA) is 98.7 Å². The maximum Gasteiger partial charge on any atom is 0.317 e. The molecule has 0 aromatic heterocycles. The molecule has 2 unspecified atom stereocenters. The van der Waals surface area contributed by atoms with Gasteiger partial charge in [0.15, 0.2) is 0 Å². The Morgan fingerprint density at radius 1 is 1.25 bits per heavy atom. The Balaban J connectivity index is 2.34. The normalized spacial score (nSPS) is 21.9. The average Bonchev–Trinajstić information content (AvgIpc) is 2.75. The average molecular weight is 285 g/mol. The quantitative estimate of drug-likeness (QED) is 0.668. The standard InChI is InChI=1S/C13H23N3O4/c1-8(2)4-14-11(17)5-15-13(20)16-6-9(3)10(7-16)12(18)19/h8-10H,4-7H2,1-3H3,(H,14,17)(H,15,20)(H,18,19). The minimum Gasteiger partial charge on any atom is -0.481 e. The van der Waals surface area contributed by atoms with Gasteiger partial charge < -0.3 is 20.6 Å². The molecule has 3 N–H and O–H groups in total. The minimum absolute atomic E-state index is 0.0759. The van der Waals surface area contributed by atoms with Gasteiger partial charge in [-0.1, -0.05) is 20.8 Å². The van der Waals surface area contributed by atoms with Gasteiger partial charge in [-0.3, -0.25) is 9.59 Å². The Bertz CT molecular complexity index is 384. The molecule has 20 heavy (non-hydrogen) atoms. The molecule has 1 aliphatic heterocycles. The van der Waals surface area contributed by atoms with Crippen molar-refractivity contribution in [2.24, 2.45) is 17.8 Å². The highest BCUT2D eigenvalue weighted by Crippen LogP contribution is 2.22. The third-order valence-electron chi connectivity index (χ3n) is 3.32. The Morgan fingerprint density at radius 2 is 1.90 bits per heavy atom. The number of rotatable bonds is 5. The fourth-order valence-electron chi connectivity index (χ4n) is 2.10. The van der Waals surface area contributed by atoms with Gasteiger partial charge in [-0.25, -0.2) is 4.79 Å². The smallest absolute Gasteiger partial charge is 0.317 e. The van der Waals surface area contributed by atoms with Gasteiger partial charge in [-0.15, -0.1) is 0 Å². The first-order chi connectivity index (χ1) is 9.31. The van der Waals surface area contributed by atoms with Gasteiger partial charge in [-0.2, -0.15) is 0 Å². The molecule has 114 valence electrons. The van der Waals surface area contributed by atoms with Crippen LogP contribution in [0, 0.1) is 17.8 Å². The molecule has 3 amide bonds. The number of hydrogen-bond donors (Lipinski definition) is 3. The first-order valence-electron chi connectivity index (χ1n) is 6.83. The van der Waals surface area contributed by atoms with Crippen molar-refractivity contribution in [1.82, 2.24) is 15.5 Å². The number of carboxylic acid groups (broad SMARTS) is 1. The third kappa shape index (κ3) is 4.71. The zero-order valence-electron chi connectivity index (χ0n) is 12.2. The molecule has 1 saturated heterocycles. The lowest BCUT2D eigenvalue weighted by Gasteiger charge is -2.16. The third-order valence-corrected chi connectivity index (χ3v) is 3.32. The number of carbonyl (C=O) groups is 3. The maximum absolute atomic E-state index is 11.8. The SMILES string of the molecule is CC(C)CNC(=O)CNC(=O)N1CC(C)C(C(=O)O)C1. The number of carbonyl (C=O) groups excluding carboxylic acids is 2. The Kier molecular flexibility index (Phi) is 5.79. The van der Waals surface area contributed by atoms with E-state index in [1.165, 1.54) is 4.90 Å². The van der Waals surface area contributed by atoms with Crippen molar-refractivity contribution in [2.75, 3.05) is 26.2 Å². The molecule has 7 nitrogen and oxygen atoms in total. The van der Waals surface area contributed by atoms with E-state index < -0.39 is 11.9 Å². The zero-order chi connectivity index (χ0) is 15.3. The van der Waals surface area contributed by atoms with Crippen molar-refractivity contribution in [2.45, 2.75) is 20.8 Å². The summed E-state index contributed by atoms with van der Waals surface area (Å²) in [5.41, 5.74) is 0. The molecule has 0 bridgehead atoms. The Labute approximate surface area is 118 Å². The van der Waals surface area contributed by atoms with E-state index in [0.717, 1.165) is 0 Å². The van der Waals surface area contributed by atoms with Gasteiger partial charge in [0, 0.05) is 19.6 Å². The number of nitrogens with zero attached hydrogens (tertiary/aromatic N) is 1. The summed E-state index contributed by atoms with van der Waals surface area (Å²) in [6, 6.07) is -0.389. The van der Waals surface area contributed by atoms with Crippen LogP contribution in [0.3, 0.4) is 0 Å². The van der Waals surface area contributed by atoms with Crippen molar-refractivity contribution in [3.05, 3.63) is 0 Å². The summed E-state index contributed by atoms with van der Waals surface area (Å²) >= 11 is 0. The van der Waals surface area contributed by atoms with Crippen molar-refractivity contribution >= 4 is 17.9 Å². The molecule has 0 aromatic carbocycles. The summed E-state index contributed by atoms with van der Waals surface area (Å²) in [7, 11) is 0. The monoisotopic (exact) mass is 285 g/mol. The van der Waals surface area contributed by atoms with E-state index in [1.54, 1.807) is 6.92 Å². The fourth-order valence-corrected chi connectivity index (χ4v) is 2.10. The Morgan fingerprint density at radius 3 is 2.40 bits per heavy atom. The first kappa shape index (κ1) is 16.3. The van der Waals surface area contributed by atoms with Crippen LogP contribution in [0.5, 0.6) is 0 Å². The van der Waals surface area contributed by atoms with Crippen molar-refractivity contribution in [3.8, 4) is 0 Å². The van der Waals surface area contributed by atoms with E-state index in [-0.39, 0.29) is 30.9 Å². The van der Waals surface area contributed by atoms with Crippen LogP contribution in [0.25, 0.3) is 0 Å². The number of hydrogen-bond acceptors (Lipinski definition) is 3. The van der Waals surface area contributed by atoms with Gasteiger partial charge >= 0.3 is 12.0 Å². The highest BCUT2D eigenvalue weighted by atomic mass is 16.4. The summed E-state index contributed by atoms with van der Waals surface area (Å²) < 4.78 is 0. The number of likely N-dealkylation sites (tertiary alicyclic amines) is 1. The lowest BCUT2D eigenvalue weighted by Crippen LogP contribution is -2.44. The molecule has 0 spiro atoms. The molecule has 2 atom stereocenters. The van der Waals surface area contributed by atoms with Crippen molar-refractivity contribution in [1.29, 1.82) is 0 Å². The van der Waals surface area contributed by atoms with Crippen molar-refractivity contribution < 1.29 is 19.5 Å².